The minimum Gasteiger partial charge on any atom is -0.463 e. The van der Waals surface area contributed by atoms with E-state index < -0.39 is 58.4 Å². The molecule has 0 aliphatic rings. The number of alkyl halides is 6. The number of hydrogen-bond donors (Lipinski definition) is 2. The number of carbonyl (C=O) groups excluding carboxylic acids is 4. The third-order valence-corrected chi connectivity index (χ3v) is 13.9. The van der Waals surface area contributed by atoms with E-state index in [1.165, 1.54) is 48.2 Å². The average Bonchev–Trinajstić information content (AvgIpc) is 3.44. The monoisotopic (exact) mass is 1130 g/mol. The van der Waals surface area contributed by atoms with Crippen molar-refractivity contribution in [2.45, 2.75) is 170 Å². The second-order valence-electron chi connectivity index (χ2n) is 20.8. The highest BCUT2D eigenvalue weighted by atomic mass is 19.4. The lowest BCUT2D eigenvalue weighted by Gasteiger charge is -2.33. The Morgan fingerprint density at radius 3 is 1.23 bits per heavy atom. The third-order valence-electron chi connectivity index (χ3n) is 13.9. The second-order valence-corrected chi connectivity index (χ2v) is 20.8. The Balaban J connectivity index is 0.000000433. The lowest BCUT2D eigenvalue weighted by Crippen LogP contribution is -2.40. The average molecular weight is 1130 g/mol. The van der Waals surface area contributed by atoms with Crippen LogP contribution in [0.1, 0.15) is 192 Å². The molecule has 0 heterocycles. The van der Waals surface area contributed by atoms with Gasteiger partial charge in [0, 0.05) is 0 Å². The minimum absolute atomic E-state index is 0.00970. The van der Waals surface area contributed by atoms with Gasteiger partial charge >= 0.3 is 36.5 Å². The van der Waals surface area contributed by atoms with Crippen LogP contribution in [-0.2, 0) is 41.1 Å². The summed E-state index contributed by atoms with van der Waals surface area (Å²) in [4.78, 5) is 57.9. The van der Waals surface area contributed by atoms with E-state index in [1.807, 2.05) is 34.6 Å². The molecule has 2 N–H and O–H groups in total. The van der Waals surface area contributed by atoms with Gasteiger partial charge in [-0.3, -0.25) is 19.3 Å². The van der Waals surface area contributed by atoms with Crippen LogP contribution >= 0.6 is 0 Å². The molecule has 0 saturated heterocycles. The number of oxime groups is 2. The molecule has 0 aliphatic carbocycles. The zero-order valence-corrected chi connectivity index (χ0v) is 48.6. The van der Waals surface area contributed by atoms with Crippen LogP contribution in [0.2, 0.25) is 0 Å². The molecule has 5 atom stereocenters. The van der Waals surface area contributed by atoms with Crippen LogP contribution in [0.5, 0.6) is 0 Å². The molecular weight excluding hydrogens is 1040 g/mol. The number of hydrogen-bond acceptors (Lipinski definition) is 10. The predicted octanol–water partition coefficient (Wildman–Crippen LogP) is 16.7. The minimum atomic E-state index is -4.37. The van der Waals surface area contributed by atoms with Crippen molar-refractivity contribution >= 4 is 35.5 Å². The van der Waals surface area contributed by atoms with Crippen molar-refractivity contribution in [3.63, 3.8) is 0 Å². The van der Waals surface area contributed by atoms with Gasteiger partial charge in [0.15, 0.2) is 0 Å². The summed E-state index contributed by atoms with van der Waals surface area (Å²) in [7, 11) is 0. The van der Waals surface area contributed by atoms with Gasteiger partial charge < -0.3 is 20.1 Å². The SMILES string of the molecule is CCC(C)=NOC(=O)NCCOC(=O)C(C)(C)CC(C)(CC)C(=O)OCCNC(=O)ON=C(C)CC.CCC(CC(C)c1ccc(C(F)(F)F)cc1)c1ccc(C(F)(F)F)cc1.CCC(CC(C)c1ccccc1)c1ccccc1. The fraction of sp³-hybridized carbons (Fsp3) is 0.516. The number of rotatable bonds is 25. The molecular formula is C62H84F6N4O8. The van der Waals surface area contributed by atoms with Gasteiger partial charge in [-0.15, -0.1) is 0 Å². The van der Waals surface area contributed by atoms with Crippen LogP contribution in [-0.4, -0.2) is 61.9 Å². The Morgan fingerprint density at radius 1 is 0.512 bits per heavy atom. The maximum absolute atomic E-state index is 12.7. The van der Waals surface area contributed by atoms with E-state index in [0.29, 0.717) is 48.9 Å². The number of esters is 2. The molecule has 0 aliphatic heterocycles. The van der Waals surface area contributed by atoms with Gasteiger partial charge in [0.1, 0.15) is 13.2 Å². The lowest BCUT2D eigenvalue weighted by atomic mass is 9.72. The normalized spacial score (nSPS) is 14.2. The Hall–Kier alpha value is -6.72. The molecule has 0 aromatic heterocycles. The summed E-state index contributed by atoms with van der Waals surface area (Å²) < 4.78 is 86.5. The van der Waals surface area contributed by atoms with Crippen molar-refractivity contribution in [2.75, 3.05) is 26.3 Å². The quantitative estimate of drug-likeness (QED) is 0.0166. The van der Waals surface area contributed by atoms with Crippen molar-refractivity contribution in [3.8, 4) is 0 Å². The first kappa shape index (κ1) is 69.4. The van der Waals surface area contributed by atoms with Gasteiger partial charge in [-0.05, 0) is 156 Å². The van der Waals surface area contributed by atoms with Crippen molar-refractivity contribution in [3.05, 3.63) is 143 Å². The smallest absolute Gasteiger partial charge is 0.433 e. The van der Waals surface area contributed by atoms with Crippen molar-refractivity contribution < 1.29 is 64.7 Å². The van der Waals surface area contributed by atoms with Crippen molar-refractivity contribution in [1.29, 1.82) is 0 Å². The number of carbonyl (C=O) groups is 4. The number of ether oxygens (including phenoxy) is 2. The number of halogens is 6. The third kappa shape index (κ3) is 25.2. The van der Waals surface area contributed by atoms with Crippen LogP contribution in [0, 0.1) is 10.8 Å². The molecule has 4 aromatic carbocycles. The van der Waals surface area contributed by atoms with Crippen molar-refractivity contribution in [2.24, 2.45) is 21.1 Å². The molecule has 4 aromatic rings. The fourth-order valence-electron chi connectivity index (χ4n) is 8.44. The number of benzene rings is 4. The standard InChI is InChI=1S/C24H42N4O8.C20H20F6.C18H22/c1-9-17(4)27-35-21(31)25-12-14-33-19(29)23(6,7)16-24(8,11-3)20(30)34-15-13-26-22(32)36-28-18(5)10-2;1-3-14(16-6-10-18(11-7-16)20(24,25)26)12-13(2)15-4-8-17(9-5-15)19(21,22)23;1-3-16(18-12-8-5-9-13-18)14-15(2)17-10-6-4-7-11-17/h9-16H2,1-8H3,(H,25,31)(H,26,32);4-11,13-14H,3,12H2,1-2H3;4-13,15-16H,3,14H2,1-2H3. The number of nitrogens with zero attached hydrogens (tertiary/aromatic N) is 2. The van der Waals surface area contributed by atoms with E-state index >= 15 is 0 Å². The van der Waals surface area contributed by atoms with E-state index in [2.05, 4.69) is 105 Å². The number of amides is 2. The van der Waals surface area contributed by atoms with Gasteiger partial charge in [-0.1, -0.05) is 144 Å². The molecule has 2 amide bonds. The van der Waals surface area contributed by atoms with E-state index in [4.69, 9.17) is 9.47 Å². The molecule has 0 saturated carbocycles. The Labute approximate surface area is 469 Å². The van der Waals surface area contributed by atoms with E-state index in [-0.39, 0.29) is 44.6 Å². The Kier molecular flexibility index (Phi) is 29.9. The summed E-state index contributed by atoms with van der Waals surface area (Å²) in [6, 6.07) is 31.9. The van der Waals surface area contributed by atoms with Crippen LogP contribution in [0.15, 0.2) is 120 Å². The molecule has 12 nitrogen and oxygen atoms in total. The van der Waals surface area contributed by atoms with E-state index in [9.17, 15) is 45.5 Å². The van der Waals surface area contributed by atoms with Gasteiger partial charge in [-0.2, -0.15) is 26.3 Å². The first-order valence-electron chi connectivity index (χ1n) is 27.4. The first-order valence-corrected chi connectivity index (χ1v) is 27.4. The molecule has 18 heteroatoms. The highest BCUT2D eigenvalue weighted by Crippen LogP contribution is 2.39. The van der Waals surface area contributed by atoms with Gasteiger partial charge in [0.2, 0.25) is 0 Å². The Bertz CT molecular complexity index is 2520. The van der Waals surface area contributed by atoms with Gasteiger partial charge in [0.05, 0.1) is 46.5 Å². The maximum atomic E-state index is 12.7. The van der Waals surface area contributed by atoms with Crippen LogP contribution in [0.25, 0.3) is 0 Å². The largest absolute Gasteiger partial charge is 0.463 e. The van der Waals surface area contributed by atoms with Crippen molar-refractivity contribution in [1.82, 2.24) is 10.6 Å². The van der Waals surface area contributed by atoms with Gasteiger partial charge in [-0.25, -0.2) is 9.59 Å². The van der Waals surface area contributed by atoms with Crippen LogP contribution in [0.3, 0.4) is 0 Å². The Morgan fingerprint density at radius 2 is 0.863 bits per heavy atom. The topological polar surface area (TPSA) is 154 Å². The lowest BCUT2D eigenvalue weighted by molar-refractivity contribution is -0.163. The molecule has 0 radical (unpaired) electrons. The number of nitrogens with one attached hydrogen (secondary N) is 2. The highest BCUT2D eigenvalue weighted by molar-refractivity contribution is 5.82. The molecule has 442 valence electrons. The summed E-state index contributed by atoms with van der Waals surface area (Å²) in [5, 5.41) is 12.2. The summed E-state index contributed by atoms with van der Waals surface area (Å²) in [6.45, 7) is 22.6. The molecule has 80 heavy (non-hydrogen) atoms. The summed E-state index contributed by atoms with van der Waals surface area (Å²) in [5.74, 6) is 0.308. The molecule has 0 fully saturated rings. The summed E-state index contributed by atoms with van der Waals surface area (Å²) >= 11 is 0. The molecule has 4 rings (SSSR count). The van der Waals surface area contributed by atoms with E-state index in [0.717, 1.165) is 41.8 Å². The molecule has 5 unspecified atom stereocenters. The van der Waals surface area contributed by atoms with Crippen LogP contribution in [0.4, 0.5) is 35.9 Å². The highest BCUT2D eigenvalue weighted by Gasteiger charge is 2.43. The zero-order valence-electron chi connectivity index (χ0n) is 48.6. The summed E-state index contributed by atoms with van der Waals surface area (Å²) in [6.07, 6.45) is -4.49. The molecule has 0 spiro atoms. The van der Waals surface area contributed by atoms with E-state index in [1.54, 1.807) is 34.6 Å². The summed E-state index contributed by atoms with van der Waals surface area (Å²) in [5.41, 5.74) is 2.52. The fourth-order valence-corrected chi connectivity index (χ4v) is 8.44. The molecule has 0 bridgehead atoms. The second kappa shape index (κ2) is 34.4. The zero-order chi connectivity index (χ0) is 60.1. The van der Waals surface area contributed by atoms with Gasteiger partial charge in [0.25, 0.3) is 0 Å². The maximum Gasteiger partial charge on any atom is 0.433 e. The first-order chi connectivity index (χ1) is 37.6. The van der Waals surface area contributed by atoms with Crippen LogP contribution < -0.4 is 10.6 Å². The predicted molar refractivity (Wildman–Crippen MR) is 302 cm³/mol.